The summed E-state index contributed by atoms with van der Waals surface area (Å²) in [5.41, 5.74) is 3.16. The smallest absolute Gasteiger partial charge is 0.262 e. The Morgan fingerprint density at radius 1 is 1.17 bits per heavy atom. The van der Waals surface area contributed by atoms with E-state index in [1.54, 1.807) is 0 Å². The van der Waals surface area contributed by atoms with E-state index >= 15 is 0 Å². The van der Waals surface area contributed by atoms with Crippen LogP contribution in [0.4, 0.5) is 5.00 Å². The third-order valence-electron chi connectivity index (χ3n) is 4.32. The Balaban J connectivity index is 1.69. The summed E-state index contributed by atoms with van der Waals surface area (Å²) in [4.78, 5) is 25.1. The van der Waals surface area contributed by atoms with Gasteiger partial charge in [0.25, 0.3) is 5.91 Å². The topological polar surface area (TPSA) is 58.2 Å². The highest BCUT2D eigenvalue weighted by atomic mass is 32.1. The van der Waals surface area contributed by atoms with Crippen LogP contribution in [0.5, 0.6) is 0 Å². The summed E-state index contributed by atoms with van der Waals surface area (Å²) in [6, 6.07) is 9.85. The average Bonchev–Trinajstić information content (AvgIpc) is 3.32. The van der Waals surface area contributed by atoms with Crippen molar-refractivity contribution >= 4 is 28.2 Å². The Kier molecular flexibility index (Phi) is 4.71. The van der Waals surface area contributed by atoms with Crippen molar-refractivity contribution in [2.75, 3.05) is 5.32 Å². The molecule has 126 valence electrons. The maximum absolute atomic E-state index is 12.6. The molecule has 0 saturated heterocycles. The molecule has 1 unspecified atom stereocenters. The maximum Gasteiger partial charge on any atom is 0.262 e. The van der Waals surface area contributed by atoms with Crippen molar-refractivity contribution in [3.05, 3.63) is 51.9 Å². The Labute approximate surface area is 146 Å². The first-order valence-corrected chi connectivity index (χ1v) is 9.05. The van der Waals surface area contributed by atoms with Crippen LogP contribution in [0.2, 0.25) is 0 Å². The number of thiophene rings is 1. The lowest BCUT2D eigenvalue weighted by atomic mass is 10.0. The second-order valence-corrected chi connectivity index (χ2v) is 7.49. The van der Waals surface area contributed by atoms with Crippen LogP contribution in [0.3, 0.4) is 0 Å². The SMILES string of the molecule is Cc1ccccc1C(C)NC(=O)c1sc(NC(=O)C2CC2)cc1C. The first-order valence-electron chi connectivity index (χ1n) is 8.23. The third kappa shape index (κ3) is 3.67. The van der Waals surface area contributed by atoms with E-state index < -0.39 is 0 Å². The van der Waals surface area contributed by atoms with Gasteiger partial charge in [-0.25, -0.2) is 0 Å². The summed E-state index contributed by atoms with van der Waals surface area (Å²) >= 11 is 1.34. The lowest BCUT2D eigenvalue weighted by Gasteiger charge is -2.16. The molecule has 3 rings (SSSR count). The van der Waals surface area contributed by atoms with Gasteiger partial charge in [0.15, 0.2) is 0 Å². The summed E-state index contributed by atoms with van der Waals surface area (Å²) in [5, 5.41) is 6.72. The Hall–Kier alpha value is -2.14. The van der Waals surface area contributed by atoms with Crippen LogP contribution in [0.1, 0.15) is 52.2 Å². The highest BCUT2D eigenvalue weighted by Crippen LogP contribution is 2.33. The lowest BCUT2D eigenvalue weighted by molar-refractivity contribution is -0.117. The van der Waals surface area contributed by atoms with Crippen molar-refractivity contribution in [3.63, 3.8) is 0 Å². The number of aryl methyl sites for hydroxylation is 2. The second-order valence-electron chi connectivity index (χ2n) is 6.44. The van der Waals surface area contributed by atoms with Crippen molar-refractivity contribution in [2.24, 2.45) is 5.92 Å². The highest BCUT2D eigenvalue weighted by molar-refractivity contribution is 7.18. The molecule has 2 aromatic rings. The zero-order valence-corrected chi connectivity index (χ0v) is 15.0. The van der Waals surface area contributed by atoms with Crippen LogP contribution in [0.25, 0.3) is 0 Å². The van der Waals surface area contributed by atoms with Crippen molar-refractivity contribution in [3.8, 4) is 0 Å². The molecule has 0 bridgehead atoms. The summed E-state index contributed by atoms with van der Waals surface area (Å²) < 4.78 is 0. The molecular formula is C19H22N2O2S. The minimum Gasteiger partial charge on any atom is -0.345 e. The molecular weight excluding hydrogens is 320 g/mol. The number of carbonyl (C=O) groups is 2. The number of hydrogen-bond donors (Lipinski definition) is 2. The fourth-order valence-electron chi connectivity index (χ4n) is 2.75. The van der Waals surface area contributed by atoms with E-state index in [0.29, 0.717) is 4.88 Å². The molecule has 1 fully saturated rings. The molecule has 2 amide bonds. The minimum atomic E-state index is -0.0971. The van der Waals surface area contributed by atoms with Crippen LogP contribution >= 0.6 is 11.3 Å². The summed E-state index contributed by atoms with van der Waals surface area (Å²) in [6.07, 6.45) is 1.94. The number of nitrogens with one attached hydrogen (secondary N) is 2. The molecule has 1 heterocycles. The molecule has 1 aliphatic rings. The minimum absolute atomic E-state index is 0.0651. The van der Waals surface area contributed by atoms with E-state index in [2.05, 4.69) is 10.6 Å². The molecule has 1 aromatic carbocycles. The van der Waals surface area contributed by atoms with Crippen molar-refractivity contribution in [1.82, 2.24) is 5.32 Å². The van der Waals surface area contributed by atoms with E-state index in [1.165, 1.54) is 11.3 Å². The fourth-order valence-corrected chi connectivity index (χ4v) is 3.73. The van der Waals surface area contributed by atoms with Gasteiger partial charge < -0.3 is 10.6 Å². The maximum atomic E-state index is 12.6. The predicted octanol–water partition coefficient (Wildman–Crippen LogP) is 4.20. The van der Waals surface area contributed by atoms with E-state index in [-0.39, 0.29) is 23.8 Å². The van der Waals surface area contributed by atoms with Gasteiger partial charge >= 0.3 is 0 Å². The van der Waals surface area contributed by atoms with Crippen LogP contribution in [0, 0.1) is 19.8 Å². The van der Waals surface area contributed by atoms with Gasteiger partial charge in [-0.1, -0.05) is 24.3 Å². The molecule has 24 heavy (non-hydrogen) atoms. The van der Waals surface area contributed by atoms with Gasteiger partial charge in [-0.15, -0.1) is 11.3 Å². The van der Waals surface area contributed by atoms with Crippen molar-refractivity contribution in [1.29, 1.82) is 0 Å². The Morgan fingerprint density at radius 2 is 1.88 bits per heavy atom. The van der Waals surface area contributed by atoms with E-state index in [4.69, 9.17) is 0 Å². The molecule has 0 spiro atoms. The van der Waals surface area contributed by atoms with Crippen LogP contribution in [-0.4, -0.2) is 11.8 Å². The number of hydrogen-bond acceptors (Lipinski definition) is 3. The van der Waals surface area contributed by atoms with Crippen molar-refractivity contribution < 1.29 is 9.59 Å². The first kappa shape index (κ1) is 16.7. The standard InChI is InChI=1S/C19H22N2O2S/c1-11-6-4-5-7-15(11)13(3)20-19(23)17-12(2)10-16(24-17)21-18(22)14-8-9-14/h4-7,10,13-14H,8-9H2,1-3H3,(H,20,23)(H,21,22). The second kappa shape index (κ2) is 6.77. The molecule has 2 N–H and O–H groups in total. The molecule has 5 heteroatoms. The molecule has 1 aromatic heterocycles. The zero-order chi connectivity index (χ0) is 17.3. The molecule has 0 aliphatic heterocycles. The summed E-state index contributed by atoms with van der Waals surface area (Å²) in [7, 11) is 0. The Morgan fingerprint density at radius 3 is 2.54 bits per heavy atom. The normalized spacial score (nSPS) is 15.0. The predicted molar refractivity (Wildman–Crippen MR) is 97.5 cm³/mol. The Bertz CT molecular complexity index is 777. The molecule has 1 saturated carbocycles. The first-order chi connectivity index (χ1) is 11.5. The zero-order valence-electron chi connectivity index (χ0n) is 14.2. The van der Waals surface area contributed by atoms with E-state index in [1.807, 2.05) is 51.1 Å². The van der Waals surface area contributed by atoms with Crippen LogP contribution < -0.4 is 10.6 Å². The van der Waals surface area contributed by atoms with Gasteiger partial charge in [-0.05, 0) is 56.4 Å². The molecule has 1 atom stereocenters. The number of rotatable bonds is 5. The average molecular weight is 342 g/mol. The van der Waals surface area contributed by atoms with Gasteiger partial charge in [-0.2, -0.15) is 0 Å². The van der Waals surface area contributed by atoms with Gasteiger partial charge in [0.05, 0.1) is 15.9 Å². The summed E-state index contributed by atoms with van der Waals surface area (Å²) in [6.45, 7) is 5.93. The quantitative estimate of drug-likeness (QED) is 0.855. The van der Waals surface area contributed by atoms with Gasteiger partial charge in [-0.3, -0.25) is 9.59 Å². The van der Waals surface area contributed by atoms with Crippen LogP contribution in [0.15, 0.2) is 30.3 Å². The highest BCUT2D eigenvalue weighted by Gasteiger charge is 2.30. The molecule has 4 nitrogen and oxygen atoms in total. The largest absolute Gasteiger partial charge is 0.345 e. The third-order valence-corrected chi connectivity index (χ3v) is 5.47. The van der Waals surface area contributed by atoms with Crippen molar-refractivity contribution in [2.45, 2.75) is 39.7 Å². The van der Waals surface area contributed by atoms with Gasteiger partial charge in [0.1, 0.15) is 0 Å². The number of carbonyl (C=O) groups excluding carboxylic acids is 2. The van der Waals surface area contributed by atoms with Gasteiger partial charge in [0, 0.05) is 5.92 Å². The number of benzene rings is 1. The fraction of sp³-hybridized carbons (Fsp3) is 0.368. The monoisotopic (exact) mass is 342 g/mol. The van der Waals surface area contributed by atoms with E-state index in [9.17, 15) is 9.59 Å². The van der Waals surface area contributed by atoms with Crippen LogP contribution in [-0.2, 0) is 4.79 Å². The summed E-state index contributed by atoms with van der Waals surface area (Å²) in [5.74, 6) is 0.127. The number of anilines is 1. The molecule has 1 aliphatic carbocycles. The lowest BCUT2D eigenvalue weighted by Crippen LogP contribution is -2.26. The van der Waals surface area contributed by atoms with E-state index in [0.717, 1.165) is 34.5 Å². The van der Waals surface area contributed by atoms with Gasteiger partial charge in [0.2, 0.25) is 5.91 Å². The number of amides is 2. The molecule has 0 radical (unpaired) electrons.